The van der Waals surface area contributed by atoms with Crippen LogP contribution >= 0.6 is 0 Å². The molecule has 0 heterocycles. The summed E-state index contributed by atoms with van der Waals surface area (Å²) in [4.78, 5) is 0. The van der Waals surface area contributed by atoms with Crippen molar-refractivity contribution in [3.8, 4) is 0 Å². The van der Waals surface area contributed by atoms with Gasteiger partial charge < -0.3 is 0 Å². The molecule has 0 aliphatic heterocycles. The minimum atomic E-state index is -0.748. The average Bonchev–Trinajstić information content (AvgIpc) is 1.37. The summed E-state index contributed by atoms with van der Waals surface area (Å²) in [7, 11) is 0. The largest absolute Gasteiger partial charge is 0.0729 e. The van der Waals surface area contributed by atoms with Gasteiger partial charge in [0.15, 0.2) is 0 Å². The van der Waals surface area contributed by atoms with Gasteiger partial charge in [0.1, 0.15) is 0 Å². The summed E-state index contributed by atoms with van der Waals surface area (Å²) in [6, 6.07) is 72.7. The molecular formula is C84H66. The number of hydrogen-bond donors (Lipinski definition) is 0. The maximum atomic E-state index is 2.65. The van der Waals surface area contributed by atoms with Crippen molar-refractivity contribution >= 4 is 33.1 Å². The molecule has 402 valence electrons. The summed E-state index contributed by atoms with van der Waals surface area (Å²) in [6.45, 7) is 27.9. The first-order valence-electron chi connectivity index (χ1n) is 30.4. The average molecular weight is 1080 g/mol. The Kier molecular flexibility index (Phi) is 9.90. The Balaban J connectivity index is 1.21. The van der Waals surface area contributed by atoms with Gasteiger partial charge in [0.2, 0.25) is 0 Å². The molecule has 0 fully saturated rings. The highest BCUT2D eigenvalue weighted by Gasteiger charge is 2.68. The summed E-state index contributed by atoms with van der Waals surface area (Å²) < 4.78 is 0. The zero-order valence-electron chi connectivity index (χ0n) is 50.3. The van der Waals surface area contributed by atoms with Gasteiger partial charge in [0.05, 0.1) is 10.8 Å². The Morgan fingerprint density at radius 1 is 0.250 bits per heavy atom. The standard InChI is InChI=1S/C84H66/c1-43-35-47(5)67(48(6)36-43)72-56-24-14-13-23-55(56)71-61-33-34-66-80(77(61)74-58-26-16-15-25-57(58)73(79(74)78(71)72)68-49(7)37-44(2)38-50(68)8)84-63-30-20-18-28-60(63)76(70-53(11)41-46(4)42-54(70)12)82(84)81-75(69-51(9)39-45(3)40-52(69)10)59-27-17-19-29-62(59)83(66,81)64-31-21-22-32-65(64)84/h13-42H,1-12H3. The monoisotopic (exact) mass is 1070 g/mol. The van der Waals surface area contributed by atoms with E-state index in [2.05, 4.69) is 265 Å². The molecule has 0 radical (unpaired) electrons. The molecule has 0 saturated carbocycles. The molecular weight excluding hydrogens is 1010 g/mol. The van der Waals surface area contributed by atoms with Crippen molar-refractivity contribution in [1.82, 2.24) is 0 Å². The Morgan fingerprint density at radius 2 is 0.571 bits per heavy atom. The number of hydrogen-bond acceptors (Lipinski definition) is 0. The Labute approximate surface area is 493 Å². The van der Waals surface area contributed by atoms with Crippen LogP contribution in [0.5, 0.6) is 0 Å². The van der Waals surface area contributed by atoms with Crippen molar-refractivity contribution < 1.29 is 0 Å². The fourth-order valence-electron chi connectivity index (χ4n) is 18.9. The van der Waals surface area contributed by atoms with Gasteiger partial charge in [0.25, 0.3) is 0 Å². The van der Waals surface area contributed by atoms with Gasteiger partial charge in [0, 0.05) is 0 Å². The minimum absolute atomic E-state index is 0.682. The van der Waals surface area contributed by atoms with Crippen molar-refractivity contribution in [3.05, 3.63) is 369 Å². The molecule has 0 amide bonds. The van der Waals surface area contributed by atoms with Gasteiger partial charge in [-0.25, -0.2) is 0 Å². The van der Waals surface area contributed by atoms with E-state index in [-0.39, 0.29) is 0 Å². The van der Waals surface area contributed by atoms with Crippen LogP contribution < -0.4 is 10.4 Å². The first-order chi connectivity index (χ1) is 40.7. The van der Waals surface area contributed by atoms with Gasteiger partial charge in [-0.15, -0.1) is 0 Å². The van der Waals surface area contributed by atoms with Crippen LogP contribution in [0.1, 0.15) is 145 Å². The predicted octanol–water partition coefficient (Wildman–Crippen LogP) is 17.9. The summed E-state index contributed by atoms with van der Waals surface area (Å²) >= 11 is 0. The molecule has 84 heavy (non-hydrogen) atoms. The number of allylic oxidation sites excluding steroid dienone is 2. The van der Waals surface area contributed by atoms with Crippen LogP contribution in [-0.2, 0) is 10.8 Å². The molecule has 0 aromatic heterocycles. The van der Waals surface area contributed by atoms with Gasteiger partial charge >= 0.3 is 0 Å². The predicted molar refractivity (Wildman–Crippen MR) is 348 cm³/mol. The Bertz CT molecular complexity index is 5340. The molecule has 2 atom stereocenters. The lowest BCUT2D eigenvalue weighted by Gasteiger charge is -2.57. The smallest absolute Gasteiger partial charge is 0.0619 e. The highest BCUT2D eigenvalue weighted by atomic mass is 14.7. The molecule has 7 aliphatic rings. The molecule has 11 aromatic rings. The van der Waals surface area contributed by atoms with Crippen molar-refractivity contribution in [2.24, 2.45) is 0 Å². The molecule has 2 bridgehead atoms. The molecule has 7 aliphatic carbocycles. The normalized spacial score (nSPS) is 17.7. The Hall–Kier alpha value is -9.10. The van der Waals surface area contributed by atoms with E-state index in [1.54, 1.807) is 0 Å². The number of rotatable bonds is 4. The molecule has 11 aromatic carbocycles. The number of fused-ring (bicyclic) bond motifs is 10. The topological polar surface area (TPSA) is 0 Å². The zero-order chi connectivity index (χ0) is 57.3. The maximum absolute atomic E-state index is 2.65. The van der Waals surface area contributed by atoms with Crippen LogP contribution in [0.3, 0.4) is 0 Å². The van der Waals surface area contributed by atoms with Crippen LogP contribution in [0.15, 0.2) is 193 Å². The van der Waals surface area contributed by atoms with Gasteiger partial charge in [-0.1, -0.05) is 204 Å². The number of aryl methyl sites for hydroxylation is 12. The molecule has 0 nitrogen and oxygen atoms in total. The number of benzene rings is 11. The molecule has 0 N–H and O–H groups in total. The summed E-state index contributed by atoms with van der Waals surface area (Å²) in [5.74, 6) is 0. The van der Waals surface area contributed by atoms with E-state index in [0.717, 1.165) is 0 Å². The summed E-state index contributed by atoms with van der Waals surface area (Å²) in [6.07, 6.45) is 0. The summed E-state index contributed by atoms with van der Waals surface area (Å²) in [5.41, 5.74) is 41.9. The molecule has 18 rings (SSSR count). The van der Waals surface area contributed by atoms with E-state index in [4.69, 9.17) is 0 Å². The highest BCUT2D eigenvalue weighted by molar-refractivity contribution is 6.14. The lowest BCUT2D eigenvalue weighted by molar-refractivity contribution is 0.565. The van der Waals surface area contributed by atoms with E-state index in [1.165, 1.54) is 220 Å². The first kappa shape index (κ1) is 49.5. The third-order valence-electron chi connectivity index (χ3n) is 20.8. The fourth-order valence-corrected chi connectivity index (χ4v) is 18.9. The lowest BCUT2D eigenvalue weighted by Crippen LogP contribution is -2.52. The zero-order valence-corrected chi connectivity index (χ0v) is 50.3. The second-order valence-corrected chi connectivity index (χ2v) is 26.0. The fraction of sp³-hybridized carbons (Fsp3) is 0.167. The molecule has 0 heteroatoms. The molecule has 2 spiro atoms. The van der Waals surface area contributed by atoms with Gasteiger partial charge in [-0.2, -0.15) is 0 Å². The van der Waals surface area contributed by atoms with E-state index < -0.39 is 10.8 Å². The second kappa shape index (κ2) is 16.8. The third kappa shape index (κ3) is 5.80. The van der Waals surface area contributed by atoms with Crippen LogP contribution in [0.4, 0.5) is 0 Å². The minimum Gasteiger partial charge on any atom is -0.0619 e. The van der Waals surface area contributed by atoms with Crippen LogP contribution in [0.25, 0.3) is 33.1 Å². The van der Waals surface area contributed by atoms with Crippen molar-refractivity contribution in [1.29, 1.82) is 0 Å². The first-order valence-corrected chi connectivity index (χ1v) is 30.4. The van der Waals surface area contributed by atoms with E-state index in [1.807, 2.05) is 0 Å². The van der Waals surface area contributed by atoms with Crippen LogP contribution in [0.2, 0.25) is 0 Å². The van der Waals surface area contributed by atoms with Crippen molar-refractivity contribution in [2.75, 3.05) is 0 Å². The van der Waals surface area contributed by atoms with Crippen LogP contribution in [-0.4, -0.2) is 0 Å². The molecule has 2 unspecified atom stereocenters. The highest BCUT2D eigenvalue weighted by Crippen LogP contribution is 2.77. The molecule has 0 saturated heterocycles. The van der Waals surface area contributed by atoms with Crippen molar-refractivity contribution in [3.63, 3.8) is 0 Å². The van der Waals surface area contributed by atoms with Gasteiger partial charge in [-0.05, 0) is 281 Å². The van der Waals surface area contributed by atoms with Crippen molar-refractivity contribution in [2.45, 2.75) is 93.9 Å². The van der Waals surface area contributed by atoms with Gasteiger partial charge in [-0.3, -0.25) is 0 Å². The quantitative estimate of drug-likeness (QED) is 0.165. The SMILES string of the molecule is Cc1cc(C)c(C2=C3C4=C(c5c(C)cc(C)cc5C)c5ccccc5C45c4ccccc4C3(c3ccccc32)c2ccc3c4c(c6c(c3c25)=c2ccccc2=C6c2c(C)cc(C)cc2C)C(c2c(C)cc(C)cc2C)=c2ccccc2=4)c(C)c1. The van der Waals surface area contributed by atoms with E-state index in [9.17, 15) is 0 Å². The maximum Gasteiger partial charge on any atom is 0.0729 e. The summed E-state index contributed by atoms with van der Waals surface area (Å²) in [5, 5.41) is 10.7. The van der Waals surface area contributed by atoms with Crippen LogP contribution in [0, 0.1) is 104 Å². The van der Waals surface area contributed by atoms with E-state index >= 15 is 0 Å². The third-order valence-corrected chi connectivity index (χ3v) is 20.8. The lowest BCUT2D eigenvalue weighted by atomic mass is 9.43. The Morgan fingerprint density at radius 3 is 1.01 bits per heavy atom. The van der Waals surface area contributed by atoms with E-state index in [0.29, 0.717) is 0 Å². The second-order valence-electron chi connectivity index (χ2n) is 26.0.